The van der Waals surface area contributed by atoms with Gasteiger partial charge in [0, 0.05) is 11.1 Å². The number of anilines is 1. The summed E-state index contributed by atoms with van der Waals surface area (Å²) in [7, 11) is -2.72. The van der Waals surface area contributed by atoms with Crippen LogP contribution < -0.4 is 9.04 Å². The van der Waals surface area contributed by atoms with Gasteiger partial charge in [-0.3, -0.25) is 4.31 Å². The zero-order chi connectivity index (χ0) is 19.4. The smallest absolute Gasteiger partial charge is 0.267 e. The van der Waals surface area contributed by atoms with Gasteiger partial charge in [-0.25, -0.2) is 12.8 Å². The third kappa shape index (κ3) is 4.23. The number of hydrogen-bond donors (Lipinski definition) is 0. The van der Waals surface area contributed by atoms with Crippen LogP contribution in [0.4, 0.5) is 10.1 Å². The van der Waals surface area contributed by atoms with Gasteiger partial charge in [0.2, 0.25) is 0 Å². The Hall–Kier alpha value is -2.57. The van der Waals surface area contributed by atoms with Gasteiger partial charge in [0.05, 0.1) is 19.3 Å². The summed E-state index contributed by atoms with van der Waals surface area (Å²) in [6, 6.07) is 19.1. The van der Waals surface area contributed by atoms with E-state index in [9.17, 15) is 12.8 Å². The minimum Gasteiger partial charge on any atom is -0.497 e. The maximum atomic E-state index is 14.3. The van der Waals surface area contributed by atoms with Crippen molar-refractivity contribution in [3.63, 3.8) is 0 Å². The van der Waals surface area contributed by atoms with E-state index in [1.165, 1.54) is 13.2 Å². The molecular formula is C20H17ClFNO3S. The lowest BCUT2D eigenvalue weighted by Crippen LogP contribution is -2.31. The van der Waals surface area contributed by atoms with Crippen molar-refractivity contribution < 1.29 is 17.5 Å². The Bertz CT molecular complexity index is 1040. The van der Waals surface area contributed by atoms with Crippen LogP contribution in [0, 0.1) is 5.82 Å². The molecule has 0 atom stereocenters. The second-order valence-corrected chi connectivity index (χ2v) is 8.04. The van der Waals surface area contributed by atoms with Crippen molar-refractivity contribution in [2.45, 2.75) is 11.4 Å². The summed E-state index contributed by atoms with van der Waals surface area (Å²) in [6.07, 6.45) is 0. The van der Waals surface area contributed by atoms with Crippen LogP contribution in [0.3, 0.4) is 0 Å². The highest BCUT2D eigenvalue weighted by atomic mass is 35.5. The van der Waals surface area contributed by atoms with Crippen LogP contribution in [0.5, 0.6) is 5.75 Å². The van der Waals surface area contributed by atoms with E-state index in [0.717, 1.165) is 22.0 Å². The molecule has 140 valence electrons. The Labute approximate surface area is 162 Å². The van der Waals surface area contributed by atoms with Gasteiger partial charge in [0.25, 0.3) is 10.0 Å². The van der Waals surface area contributed by atoms with Crippen molar-refractivity contribution in [2.75, 3.05) is 11.4 Å². The molecule has 0 N–H and O–H groups in total. The van der Waals surface area contributed by atoms with Gasteiger partial charge in [-0.05, 0) is 35.9 Å². The summed E-state index contributed by atoms with van der Waals surface area (Å²) >= 11 is 5.91. The van der Waals surface area contributed by atoms with E-state index in [4.69, 9.17) is 16.3 Å². The molecule has 0 aliphatic carbocycles. The van der Waals surface area contributed by atoms with E-state index < -0.39 is 20.7 Å². The van der Waals surface area contributed by atoms with Crippen LogP contribution in [0.25, 0.3) is 0 Å². The minimum atomic E-state index is -4.21. The topological polar surface area (TPSA) is 46.6 Å². The van der Waals surface area contributed by atoms with Gasteiger partial charge in [0.1, 0.15) is 16.5 Å². The lowest BCUT2D eigenvalue weighted by atomic mass is 10.2. The monoisotopic (exact) mass is 405 g/mol. The van der Waals surface area contributed by atoms with Gasteiger partial charge in [-0.2, -0.15) is 0 Å². The molecule has 0 unspecified atom stereocenters. The largest absolute Gasteiger partial charge is 0.497 e. The van der Waals surface area contributed by atoms with E-state index in [1.54, 1.807) is 36.4 Å². The predicted molar refractivity (Wildman–Crippen MR) is 104 cm³/mol. The fraction of sp³-hybridized carbons (Fsp3) is 0.100. The van der Waals surface area contributed by atoms with Gasteiger partial charge in [-0.15, -0.1) is 0 Å². The number of halogens is 2. The van der Waals surface area contributed by atoms with Crippen LogP contribution in [0.2, 0.25) is 5.02 Å². The molecule has 27 heavy (non-hydrogen) atoms. The first-order valence-corrected chi connectivity index (χ1v) is 9.89. The molecule has 0 saturated carbocycles. The van der Waals surface area contributed by atoms with Crippen LogP contribution >= 0.6 is 11.6 Å². The second-order valence-electron chi connectivity index (χ2n) is 5.77. The third-order valence-corrected chi connectivity index (χ3v) is 6.00. The van der Waals surface area contributed by atoms with E-state index in [-0.39, 0.29) is 11.6 Å². The molecule has 0 saturated heterocycles. The van der Waals surface area contributed by atoms with Crippen molar-refractivity contribution in [1.82, 2.24) is 0 Å². The predicted octanol–water partition coefficient (Wildman–Crippen LogP) is 4.88. The first-order chi connectivity index (χ1) is 12.9. The van der Waals surface area contributed by atoms with Gasteiger partial charge in [-0.1, -0.05) is 48.0 Å². The van der Waals surface area contributed by atoms with Crippen molar-refractivity contribution in [3.8, 4) is 5.75 Å². The highest BCUT2D eigenvalue weighted by Gasteiger charge is 2.28. The molecule has 3 aromatic rings. The zero-order valence-electron chi connectivity index (χ0n) is 14.5. The summed E-state index contributed by atoms with van der Waals surface area (Å²) in [6.45, 7) is 0.0301. The normalized spacial score (nSPS) is 11.2. The Morgan fingerprint density at radius 3 is 2.44 bits per heavy atom. The molecule has 3 rings (SSSR count). The number of nitrogens with zero attached hydrogens (tertiary/aromatic N) is 1. The van der Waals surface area contributed by atoms with E-state index in [0.29, 0.717) is 11.4 Å². The van der Waals surface area contributed by atoms with E-state index in [2.05, 4.69) is 0 Å². The molecule has 7 heteroatoms. The highest BCUT2D eigenvalue weighted by Crippen LogP contribution is 2.31. The molecule has 0 fully saturated rings. The van der Waals surface area contributed by atoms with Gasteiger partial charge in [0.15, 0.2) is 0 Å². The lowest BCUT2D eigenvalue weighted by molar-refractivity contribution is 0.415. The molecule has 0 aromatic heterocycles. The number of methoxy groups -OCH3 is 1. The van der Waals surface area contributed by atoms with Gasteiger partial charge >= 0.3 is 0 Å². The maximum Gasteiger partial charge on any atom is 0.267 e. The number of sulfonamides is 1. The fourth-order valence-electron chi connectivity index (χ4n) is 2.62. The first-order valence-electron chi connectivity index (χ1n) is 8.07. The molecule has 0 amide bonds. The average Bonchev–Trinajstić information content (AvgIpc) is 2.68. The molecule has 0 spiro atoms. The molecule has 0 aliphatic heterocycles. The Balaban J connectivity index is 2.14. The molecule has 4 nitrogen and oxygen atoms in total. The standard InChI is InChI=1S/C20H17ClFNO3S/c1-26-18-9-5-8-17(13-18)23(14-15-6-3-2-4-7-15)27(24,25)20-12-16(21)10-11-19(20)22/h2-13H,14H2,1H3. The maximum absolute atomic E-state index is 14.3. The zero-order valence-corrected chi connectivity index (χ0v) is 16.0. The first kappa shape index (κ1) is 19.2. The molecule has 0 radical (unpaired) electrons. The summed E-state index contributed by atoms with van der Waals surface area (Å²) in [5, 5.41) is 0.139. The number of rotatable bonds is 6. The summed E-state index contributed by atoms with van der Waals surface area (Å²) < 4.78 is 47.3. The van der Waals surface area contributed by atoms with Crippen molar-refractivity contribution in [2.24, 2.45) is 0 Å². The SMILES string of the molecule is COc1cccc(N(Cc2ccccc2)S(=O)(=O)c2cc(Cl)ccc2F)c1. The Morgan fingerprint density at radius 1 is 1.00 bits per heavy atom. The van der Waals surface area contributed by atoms with E-state index >= 15 is 0 Å². The molecule has 0 aliphatic rings. The van der Waals surface area contributed by atoms with Crippen molar-refractivity contribution >= 4 is 27.3 Å². The highest BCUT2D eigenvalue weighted by molar-refractivity contribution is 7.92. The van der Waals surface area contributed by atoms with Crippen LogP contribution in [0.1, 0.15) is 5.56 Å². The van der Waals surface area contributed by atoms with Crippen LogP contribution in [0.15, 0.2) is 77.7 Å². The Kier molecular flexibility index (Phi) is 5.68. The van der Waals surface area contributed by atoms with Crippen molar-refractivity contribution in [1.29, 1.82) is 0 Å². The molecule has 3 aromatic carbocycles. The molecule has 0 heterocycles. The minimum absolute atomic E-state index is 0.0301. The van der Waals surface area contributed by atoms with E-state index in [1.807, 2.05) is 18.2 Å². The number of hydrogen-bond acceptors (Lipinski definition) is 3. The lowest BCUT2D eigenvalue weighted by Gasteiger charge is -2.25. The van der Waals surface area contributed by atoms with Crippen LogP contribution in [-0.2, 0) is 16.6 Å². The second kappa shape index (κ2) is 7.98. The average molecular weight is 406 g/mol. The molecule has 0 bridgehead atoms. The summed E-state index contributed by atoms with van der Waals surface area (Å²) in [5.41, 5.74) is 1.11. The van der Waals surface area contributed by atoms with Crippen LogP contribution in [-0.4, -0.2) is 15.5 Å². The summed E-state index contributed by atoms with van der Waals surface area (Å²) in [4.78, 5) is -0.478. The number of ether oxygens (including phenoxy) is 1. The van der Waals surface area contributed by atoms with Gasteiger partial charge < -0.3 is 4.74 Å². The summed E-state index contributed by atoms with van der Waals surface area (Å²) in [5.74, 6) is -0.368. The quantitative estimate of drug-likeness (QED) is 0.587. The fourth-order valence-corrected chi connectivity index (χ4v) is 4.40. The Morgan fingerprint density at radius 2 is 1.74 bits per heavy atom. The third-order valence-electron chi connectivity index (χ3n) is 3.97. The number of benzene rings is 3. The van der Waals surface area contributed by atoms with Crippen molar-refractivity contribution in [3.05, 3.63) is 89.2 Å². The molecular weight excluding hydrogens is 389 g/mol.